The molecule has 0 aliphatic rings. The predicted molar refractivity (Wildman–Crippen MR) is 103 cm³/mol. The van der Waals surface area contributed by atoms with Crippen LogP contribution in [0.4, 0.5) is 0 Å². The Morgan fingerprint density at radius 3 is 1.68 bits per heavy atom. The van der Waals surface area contributed by atoms with Gasteiger partial charge in [-0.2, -0.15) is 0 Å². The monoisotopic (exact) mass is 331 g/mol. The molecule has 0 amide bonds. The molecule has 25 heavy (non-hydrogen) atoms. The van der Waals surface area contributed by atoms with Crippen molar-refractivity contribution >= 4 is 0 Å². The van der Waals surface area contributed by atoms with Crippen LogP contribution >= 0.6 is 0 Å². The highest BCUT2D eigenvalue weighted by Gasteiger charge is 2.33. The van der Waals surface area contributed by atoms with Crippen LogP contribution in [0, 0.1) is 0 Å². The molecule has 2 heteroatoms. The highest BCUT2D eigenvalue weighted by molar-refractivity contribution is 5.36. The van der Waals surface area contributed by atoms with E-state index in [1.807, 2.05) is 18.2 Å². The van der Waals surface area contributed by atoms with Crippen molar-refractivity contribution in [3.05, 3.63) is 108 Å². The van der Waals surface area contributed by atoms with Crippen molar-refractivity contribution in [1.82, 2.24) is 5.32 Å². The van der Waals surface area contributed by atoms with Crippen LogP contribution in [0.25, 0.3) is 0 Å². The first-order chi connectivity index (χ1) is 12.3. The molecule has 0 aliphatic heterocycles. The van der Waals surface area contributed by atoms with Crippen LogP contribution in [-0.4, -0.2) is 13.7 Å². The van der Waals surface area contributed by atoms with Crippen molar-refractivity contribution in [2.24, 2.45) is 0 Å². The Bertz CT molecular complexity index is 701. The lowest BCUT2D eigenvalue weighted by Gasteiger charge is -2.34. The van der Waals surface area contributed by atoms with Crippen molar-refractivity contribution in [2.75, 3.05) is 13.7 Å². The molecule has 0 saturated carbocycles. The average molecular weight is 331 g/mol. The summed E-state index contributed by atoms with van der Waals surface area (Å²) in [6.45, 7) is 1.73. The summed E-state index contributed by atoms with van der Waals surface area (Å²) in [5.41, 5.74) is 3.23. The van der Waals surface area contributed by atoms with Gasteiger partial charge in [0.25, 0.3) is 0 Å². The second-order valence-electron chi connectivity index (χ2n) is 6.18. The van der Waals surface area contributed by atoms with Crippen molar-refractivity contribution < 1.29 is 4.74 Å². The SMILES string of the molecule is COC(CCNCc1ccccc1)(c1ccccc1)c1ccccc1. The molecule has 0 radical (unpaired) electrons. The van der Waals surface area contributed by atoms with Crippen LogP contribution < -0.4 is 5.32 Å². The summed E-state index contributed by atoms with van der Waals surface area (Å²) in [5, 5.41) is 3.55. The minimum atomic E-state index is -0.438. The van der Waals surface area contributed by atoms with Gasteiger partial charge in [-0.25, -0.2) is 0 Å². The van der Waals surface area contributed by atoms with Crippen LogP contribution in [0.2, 0.25) is 0 Å². The number of hydrogen-bond acceptors (Lipinski definition) is 2. The quantitative estimate of drug-likeness (QED) is 0.601. The van der Waals surface area contributed by atoms with Gasteiger partial charge in [0, 0.05) is 13.7 Å². The van der Waals surface area contributed by atoms with Gasteiger partial charge in [0.15, 0.2) is 0 Å². The first kappa shape index (κ1) is 17.4. The van der Waals surface area contributed by atoms with E-state index < -0.39 is 5.60 Å². The maximum absolute atomic E-state index is 6.12. The molecular weight excluding hydrogens is 306 g/mol. The van der Waals surface area contributed by atoms with E-state index in [0.717, 1.165) is 19.5 Å². The zero-order chi connectivity index (χ0) is 17.4. The molecule has 0 fully saturated rings. The first-order valence-electron chi connectivity index (χ1n) is 8.76. The molecule has 3 aromatic rings. The molecule has 3 aromatic carbocycles. The molecule has 0 bridgehead atoms. The third-order valence-electron chi connectivity index (χ3n) is 4.65. The smallest absolute Gasteiger partial charge is 0.119 e. The van der Waals surface area contributed by atoms with E-state index in [4.69, 9.17) is 4.74 Å². The van der Waals surface area contributed by atoms with Crippen LogP contribution in [0.5, 0.6) is 0 Å². The number of rotatable bonds is 8. The standard InChI is InChI=1S/C23H25NO/c1-25-23(21-13-7-3-8-14-21,22-15-9-4-10-16-22)17-18-24-19-20-11-5-2-6-12-20/h2-16,24H,17-19H2,1H3. The van der Waals surface area contributed by atoms with Crippen LogP contribution in [0.3, 0.4) is 0 Å². The summed E-state index contributed by atoms with van der Waals surface area (Å²) in [4.78, 5) is 0. The van der Waals surface area contributed by atoms with Crippen molar-refractivity contribution in [2.45, 2.75) is 18.6 Å². The fraction of sp³-hybridized carbons (Fsp3) is 0.217. The molecule has 3 rings (SSSR count). The third kappa shape index (κ3) is 4.16. The summed E-state index contributed by atoms with van der Waals surface area (Å²) < 4.78 is 6.12. The number of methoxy groups -OCH3 is 1. The van der Waals surface area contributed by atoms with Crippen LogP contribution in [-0.2, 0) is 16.9 Å². The van der Waals surface area contributed by atoms with Crippen molar-refractivity contribution in [1.29, 1.82) is 0 Å². The van der Waals surface area contributed by atoms with Gasteiger partial charge in [-0.05, 0) is 29.7 Å². The number of nitrogens with one attached hydrogen (secondary N) is 1. The van der Waals surface area contributed by atoms with Gasteiger partial charge in [-0.15, -0.1) is 0 Å². The average Bonchev–Trinajstić information content (AvgIpc) is 2.71. The Morgan fingerprint density at radius 1 is 0.720 bits per heavy atom. The Labute approximate surface area is 150 Å². The van der Waals surface area contributed by atoms with E-state index in [1.54, 1.807) is 7.11 Å². The Morgan fingerprint density at radius 2 is 1.20 bits per heavy atom. The minimum Gasteiger partial charge on any atom is -0.369 e. The normalized spacial score (nSPS) is 11.4. The Hall–Kier alpha value is -2.42. The molecule has 0 saturated heterocycles. The van der Waals surface area contributed by atoms with E-state index >= 15 is 0 Å². The molecule has 1 N–H and O–H groups in total. The van der Waals surface area contributed by atoms with Gasteiger partial charge in [0.1, 0.15) is 5.60 Å². The summed E-state index contributed by atoms with van der Waals surface area (Å²) in [7, 11) is 1.80. The summed E-state index contributed by atoms with van der Waals surface area (Å²) in [5.74, 6) is 0. The van der Waals surface area contributed by atoms with Gasteiger partial charge in [-0.1, -0.05) is 91.0 Å². The maximum atomic E-state index is 6.12. The highest BCUT2D eigenvalue weighted by atomic mass is 16.5. The van der Waals surface area contributed by atoms with E-state index in [9.17, 15) is 0 Å². The molecule has 0 heterocycles. The molecule has 128 valence electrons. The second-order valence-corrected chi connectivity index (χ2v) is 6.18. The highest BCUT2D eigenvalue weighted by Crippen LogP contribution is 2.36. The van der Waals surface area contributed by atoms with E-state index in [2.05, 4.69) is 78.1 Å². The Kier molecular flexibility index (Phi) is 5.99. The molecule has 2 nitrogen and oxygen atoms in total. The molecule has 0 spiro atoms. The van der Waals surface area contributed by atoms with Crippen molar-refractivity contribution in [3.8, 4) is 0 Å². The minimum absolute atomic E-state index is 0.438. The zero-order valence-corrected chi connectivity index (χ0v) is 14.7. The molecule has 0 atom stereocenters. The molecule has 0 aliphatic carbocycles. The van der Waals surface area contributed by atoms with E-state index in [1.165, 1.54) is 16.7 Å². The first-order valence-corrected chi connectivity index (χ1v) is 8.76. The van der Waals surface area contributed by atoms with Gasteiger partial charge >= 0.3 is 0 Å². The lowest BCUT2D eigenvalue weighted by molar-refractivity contribution is 0.0147. The lowest BCUT2D eigenvalue weighted by Crippen LogP contribution is -2.34. The predicted octanol–water partition coefficient (Wildman–Crippen LogP) is 4.76. The summed E-state index contributed by atoms with van der Waals surface area (Å²) in [6, 6.07) is 31.4. The number of hydrogen-bond donors (Lipinski definition) is 1. The van der Waals surface area contributed by atoms with Gasteiger partial charge < -0.3 is 10.1 Å². The maximum Gasteiger partial charge on any atom is 0.119 e. The number of ether oxygens (including phenoxy) is 1. The van der Waals surface area contributed by atoms with E-state index in [-0.39, 0.29) is 0 Å². The zero-order valence-electron chi connectivity index (χ0n) is 14.7. The van der Waals surface area contributed by atoms with Crippen molar-refractivity contribution in [3.63, 3.8) is 0 Å². The van der Waals surface area contributed by atoms with Gasteiger partial charge in [0.05, 0.1) is 0 Å². The fourth-order valence-electron chi connectivity index (χ4n) is 3.30. The topological polar surface area (TPSA) is 21.3 Å². The summed E-state index contributed by atoms with van der Waals surface area (Å²) in [6.07, 6.45) is 0.865. The molecule has 0 aromatic heterocycles. The van der Waals surface area contributed by atoms with Crippen LogP contribution in [0.15, 0.2) is 91.0 Å². The Balaban J connectivity index is 1.77. The third-order valence-corrected chi connectivity index (χ3v) is 4.65. The lowest BCUT2D eigenvalue weighted by atomic mass is 9.83. The number of benzene rings is 3. The van der Waals surface area contributed by atoms with Crippen LogP contribution in [0.1, 0.15) is 23.1 Å². The van der Waals surface area contributed by atoms with Gasteiger partial charge in [-0.3, -0.25) is 0 Å². The second kappa shape index (κ2) is 8.61. The molecular formula is C23H25NO. The fourth-order valence-corrected chi connectivity index (χ4v) is 3.30. The summed E-state index contributed by atoms with van der Waals surface area (Å²) >= 11 is 0. The van der Waals surface area contributed by atoms with E-state index in [0.29, 0.717) is 0 Å². The largest absolute Gasteiger partial charge is 0.369 e. The van der Waals surface area contributed by atoms with Gasteiger partial charge in [0.2, 0.25) is 0 Å². The molecule has 0 unspecified atom stereocenters.